The van der Waals surface area contributed by atoms with Gasteiger partial charge in [0.25, 0.3) is 0 Å². The minimum Gasteiger partial charge on any atom is -0.478 e. The maximum atomic E-state index is 13.6. The van der Waals surface area contributed by atoms with Crippen molar-refractivity contribution in [2.45, 2.75) is 10.6 Å². The molecule has 0 spiro atoms. The predicted octanol–water partition coefficient (Wildman–Crippen LogP) is 3.59. The van der Waals surface area contributed by atoms with E-state index in [-0.39, 0.29) is 16.9 Å². The summed E-state index contributed by atoms with van der Waals surface area (Å²) < 4.78 is 26.6. The van der Waals surface area contributed by atoms with Crippen molar-refractivity contribution in [3.05, 3.63) is 63.9 Å². The van der Waals surface area contributed by atoms with E-state index in [1.54, 1.807) is 24.3 Å². The molecule has 104 valence electrons. The van der Waals surface area contributed by atoms with Gasteiger partial charge in [0.2, 0.25) is 0 Å². The highest BCUT2D eigenvalue weighted by molar-refractivity contribution is 9.10. The Morgan fingerprint density at radius 2 is 1.85 bits per heavy atom. The molecular weight excluding hydrogens is 347 g/mol. The third-order valence-corrected chi connectivity index (χ3v) is 4.56. The van der Waals surface area contributed by atoms with Gasteiger partial charge in [-0.25, -0.2) is 9.18 Å². The summed E-state index contributed by atoms with van der Waals surface area (Å²) in [6, 6.07) is 10.3. The second kappa shape index (κ2) is 6.28. The fraction of sp³-hybridized carbons (Fsp3) is 0.0714. The Labute approximate surface area is 126 Å². The Hall–Kier alpha value is -1.53. The fourth-order valence-corrected chi connectivity index (χ4v) is 3.00. The van der Waals surface area contributed by atoms with Gasteiger partial charge >= 0.3 is 5.97 Å². The summed E-state index contributed by atoms with van der Waals surface area (Å²) in [4.78, 5) is 11.4. The first-order chi connectivity index (χ1) is 9.47. The molecule has 0 aliphatic rings. The van der Waals surface area contributed by atoms with Crippen LogP contribution in [0.25, 0.3) is 0 Å². The van der Waals surface area contributed by atoms with E-state index < -0.39 is 22.6 Å². The SMILES string of the molecule is O=C(O)c1ccc(F)c(CS(=O)c2ccc(Br)cc2)c1. The summed E-state index contributed by atoms with van der Waals surface area (Å²) in [6.45, 7) is 0. The highest BCUT2D eigenvalue weighted by atomic mass is 79.9. The number of hydrogen-bond donors (Lipinski definition) is 1. The van der Waals surface area contributed by atoms with Crippen LogP contribution in [0.5, 0.6) is 0 Å². The topological polar surface area (TPSA) is 54.4 Å². The molecule has 3 nitrogen and oxygen atoms in total. The van der Waals surface area contributed by atoms with E-state index >= 15 is 0 Å². The number of aromatic carboxylic acids is 1. The van der Waals surface area contributed by atoms with Crippen LogP contribution in [0.3, 0.4) is 0 Å². The number of carboxylic acids is 1. The van der Waals surface area contributed by atoms with Crippen molar-refractivity contribution in [1.29, 1.82) is 0 Å². The Morgan fingerprint density at radius 3 is 2.45 bits per heavy atom. The molecule has 0 saturated carbocycles. The highest BCUT2D eigenvalue weighted by Crippen LogP contribution is 2.18. The normalized spacial score (nSPS) is 12.1. The van der Waals surface area contributed by atoms with Crippen molar-refractivity contribution in [2.75, 3.05) is 0 Å². The van der Waals surface area contributed by atoms with Gasteiger partial charge < -0.3 is 5.11 Å². The number of benzene rings is 2. The summed E-state index contributed by atoms with van der Waals surface area (Å²) in [5, 5.41) is 8.88. The molecule has 6 heteroatoms. The molecule has 0 aliphatic heterocycles. The number of carbonyl (C=O) groups is 1. The van der Waals surface area contributed by atoms with Crippen LogP contribution in [0, 0.1) is 5.82 Å². The molecule has 20 heavy (non-hydrogen) atoms. The summed E-state index contributed by atoms with van der Waals surface area (Å²) >= 11 is 3.27. The number of carboxylic acid groups (broad SMARTS) is 1. The average molecular weight is 357 g/mol. The molecule has 1 N–H and O–H groups in total. The maximum Gasteiger partial charge on any atom is 0.335 e. The van der Waals surface area contributed by atoms with Gasteiger partial charge in [-0.15, -0.1) is 0 Å². The zero-order valence-corrected chi connectivity index (χ0v) is 12.6. The molecule has 0 saturated heterocycles. The largest absolute Gasteiger partial charge is 0.478 e. The highest BCUT2D eigenvalue weighted by Gasteiger charge is 2.12. The van der Waals surface area contributed by atoms with Crippen LogP contribution in [0.1, 0.15) is 15.9 Å². The zero-order valence-electron chi connectivity index (χ0n) is 10.2. The van der Waals surface area contributed by atoms with E-state index in [0.717, 1.165) is 10.5 Å². The van der Waals surface area contributed by atoms with E-state index in [2.05, 4.69) is 15.9 Å². The number of halogens is 2. The van der Waals surface area contributed by atoms with Crippen LogP contribution >= 0.6 is 15.9 Å². The second-order valence-corrected chi connectivity index (χ2v) is 6.42. The number of hydrogen-bond acceptors (Lipinski definition) is 2. The van der Waals surface area contributed by atoms with Crippen LogP contribution in [-0.2, 0) is 16.6 Å². The lowest BCUT2D eigenvalue weighted by atomic mass is 10.1. The van der Waals surface area contributed by atoms with Gasteiger partial charge in [0.05, 0.1) is 22.1 Å². The number of rotatable bonds is 4. The molecule has 0 heterocycles. The molecule has 2 rings (SSSR count). The van der Waals surface area contributed by atoms with Gasteiger partial charge in [-0.2, -0.15) is 0 Å². The third-order valence-electron chi connectivity index (χ3n) is 2.66. The Bertz CT molecular complexity index is 671. The molecule has 1 atom stereocenters. The van der Waals surface area contributed by atoms with Gasteiger partial charge in [0.15, 0.2) is 0 Å². The summed E-state index contributed by atoms with van der Waals surface area (Å²) in [5.41, 5.74) is 0.111. The molecule has 0 aliphatic carbocycles. The van der Waals surface area contributed by atoms with Crippen molar-refractivity contribution < 1.29 is 18.5 Å². The van der Waals surface area contributed by atoms with Crippen molar-refractivity contribution in [1.82, 2.24) is 0 Å². The van der Waals surface area contributed by atoms with Crippen molar-refractivity contribution in [2.24, 2.45) is 0 Å². The van der Waals surface area contributed by atoms with Crippen LogP contribution in [0.4, 0.5) is 4.39 Å². The maximum absolute atomic E-state index is 13.6. The van der Waals surface area contributed by atoms with Crippen molar-refractivity contribution >= 4 is 32.7 Å². The first kappa shape index (κ1) is 14.9. The predicted molar refractivity (Wildman–Crippen MR) is 77.6 cm³/mol. The molecule has 2 aromatic rings. The molecular formula is C14H10BrFO3S. The molecule has 0 radical (unpaired) electrons. The molecule has 0 bridgehead atoms. The van der Waals surface area contributed by atoms with Crippen LogP contribution in [-0.4, -0.2) is 15.3 Å². The van der Waals surface area contributed by atoms with E-state index in [1.807, 2.05) is 0 Å². The van der Waals surface area contributed by atoms with Gasteiger partial charge in [0.1, 0.15) is 5.82 Å². The van der Waals surface area contributed by atoms with Gasteiger partial charge in [-0.3, -0.25) is 4.21 Å². The van der Waals surface area contributed by atoms with E-state index in [0.29, 0.717) is 4.90 Å². The van der Waals surface area contributed by atoms with E-state index in [4.69, 9.17) is 5.11 Å². The van der Waals surface area contributed by atoms with Crippen molar-refractivity contribution in [3.63, 3.8) is 0 Å². The molecule has 0 amide bonds. The van der Waals surface area contributed by atoms with Crippen LogP contribution in [0.2, 0.25) is 0 Å². The molecule has 2 aromatic carbocycles. The first-order valence-corrected chi connectivity index (χ1v) is 7.74. The smallest absolute Gasteiger partial charge is 0.335 e. The quantitative estimate of drug-likeness (QED) is 0.910. The molecule has 0 fully saturated rings. The molecule has 0 aromatic heterocycles. The minimum atomic E-state index is -1.43. The lowest BCUT2D eigenvalue weighted by molar-refractivity contribution is 0.0696. The first-order valence-electron chi connectivity index (χ1n) is 5.63. The fourth-order valence-electron chi connectivity index (χ4n) is 1.63. The standard InChI is InChI=1S/C14H10BrFO3S/c15-11-2-4-12(5-3-11)20(19)8-10-7-9(14(17)18)1-6-13(10)16/h1-7H,8H2,(H,17,18). The minimum absolute atomic E-state index is 0.0193. The third kappa shape index (κ3) is 3.52. The lowest BCUT2D eigenvalue weighted by Crippen LogP contribution is -2.03. The average Bonchev–Trinajstić information content (AvgIpc) is 2.41. The monoisotopic (exact) mass is 356 g/mol. The van der Waals surface area contributed by atoms with Gasteiger partial charge in [0, 0.05) is 14.9 Å². The van der Waals surface area contributed by atoms with Gasteiger partial charge in [-0.05, 0) is 42.5 Å². The summed E-state index contributed by atoms with van der Waals surface area (Å²) in [5.74, 6) is -1.75. The van der Waals surface area contributed by atoms with Crippen LogP contribution < -0.4 is 0 Å². The summed E-state index contributed by atoms with van der Waals surface area (Å²) in [7, 11) is -1.43. The van der Waals surface area contributed by atoms with Crippen molar-refractivity contribution in [3.8, 4) is 0 Å². The second-order valence-electron chi connectivity index (χ2n) is 4.06. The van der Waals surface area contributed by atoms with Gasteiger partial charge in [-0.1, -0.05) is 15.9 Å². The Kier molecular flexibility index (Phi) is 4.67. The summed E-state index contributed by atoms with van der Waals surface area (Å²) in [6.07, 6.45) is 0. The Morgan fingerprint density at radius 1 is 1.20 bits per heavy atom. The lowest BCUT2D eigenvalue weighted by Gasteiger charge is -2.05. The Balaban J connectivity index is 2.25. The van der Waals surface area contributed by atoms with E-state index in [9.17, 15) is 13.4 Å². The van der Waals surface area contributed by atoms with E-state index in [1.165, 1.54) is 12.1 Å². The zero-order chi connectivity index (χ0) is 14.7. The van der Waals surface area contributed by atoms with Crippen LogP contribution in [0.15, 0.2) is 51.8 Å². The molecule has 1 unspecified atom stereocenters.